The molecule has 0 heterocycles. The van der Waals surface area contributed by atoms with Crippen LogP contribution in [-0.2, 0) is 9.84 Å². The van der Waals surface area contributed by atoms with E-state index in [2.05, 4.69) is 5.32 Å². The Morgan fingerprint density at radius 3 is 2.45 bits per heavy atom. The molecule has 1 rings (SSSR count). The summed E-state index contributed by atoms with van der Waals surface area (Å²) in [6, 6.07) is 3.71. The fourth-order valence-corrected chi connectivity index (χ4v) is 1.93. The van der Waals surface area contributed by atoms with Gasteiger partial charge in [-0.25, -0.2) is 12.8 Å². The lowest BCUT2D eigenvalue weighted by atomic mass is 10.3. The number of ether oxygens (including phenoxy) is 1. The second-order valence-corrected chi connectivity index (χ2v) is 5.87. The summed E-state index contributed by atoms with van der Waals surface area (Å²) >= 11 is 0. The number of hydrogen-bond donors (Lipinski definition) is 1. The molecule has 1 aromatic rings. The molecular formula is C11H13F4NO3S. The van der Waals surface area contributed by atoms with Gasteiger partial charge >= 0.3 is 5.51 Å². The second-order valence-electron chi connectivity index (χ2n) is 3.77. The highest BCUT2D eigenvalue weighted by atomic mass is 32.2. The molecule has 1 aromatic carbocycles. The Kier molecular flexibility index (Phi) is 5.21. The molecule has 0 aliphatic heterocycles. The summed E-state index contributed by atoms with van der Waals surface area (Å²) in [7, 11) is -5.18. The van der Waals surface area contributed by atoms with Crippen LogP contribution < -0.4 is 10.1 Å². The maximum Gasteiger partial charge on any atom is 0.497 e. The van der Waals surface area contributed by atoms with Gasteiger partial charge in [-0.05, 0) is 19.1 Å². The zero-order valence-corrected chi connectivity index (χ0v) is 11.3. The van der Waals surface area contributed by atoms with Gasteiger partial charge in [-0.1, -0.05) is 0 Å². The minimum Gasteiger partial charge on any atom is -0.491 e. The third-order valence-electron chi connectivity index (χ3n) is 2.28. The first-order valence-corrected chi connectivity index (χ1v) is 7.28. The molecule has 0 spiro atoms. The van der Waals surface area contributed by atoms with Gasteiger partial charge in [-0.15, -0.1) is 0 Å². The number of anilines is 1. The fourth-order valence-electron chi connectivity index (χ4n) is 1.33. The molecule has 4 nitrogen and oxygen atoms in total. The minimum atomic E-state index is -5.28. The molecule has 0 bridgehead atoms. The number of nitrogens with one attached hydrogen (secondary N) is 1. The van der Waals surface area contributed by atoms with E-state index in [9.17, 15) is 26.0 Å². The number of benzene rings is 1. The Balaban J connectivity index is 2.62. The number of rotatable bonds is 6. The van der Waals surface area contributed by atoms with E-state index in [1.54, 1.807) is 6.92 Å². The average molecular weight is 315 g/mol. The van der Waals surface area contributed by atoms with Crippen LogP contribution in [0.3, 0.4) is 0 Å². The van der Waals surface area contributed by atoms with Crippen molar-refractivity contribution >= 4 is 15.5 Å². The van der Waals surface area contributed by atoms with Gasteiger partial charge < -0.3 is 10.1 Å². The first-order chi connectivity index (χ1) is 9.17. The summed E-state index contributed by atoms with van der Waals surface area (Å²) in [6.07, 6.45) is 0. The molecule has 0 fully saturated rings. The summed E-state index contributed by atoms with van der Waals surface area (Å²) in [5.41, 5.74) is -5.11. The van der Waals surface area contributed by atoms with E-state index in [1.165, 1.54) is 12.1 Å². The molecule has 0 aliphatic carbocycles. The van der Waals surface area contributed by atoms with E-state index >= 15 is 0 Å². The van der Waals surface area contributed by atoms with Crippen molar-refractivity contribution in [3.63, 3.8) is 0 Å². The van der Waals surface area contributed by atoms with E-state index in [1.807, 2.05) is 0 Å². The number of sulfone groups is 1. The fraction of sp³-hybridized carbons (Fsp3) is 0.455. The second kappa shape index (κ2) is 6.29. The Labute approximate surface area is 113 Å². The molecule has 0 amide bonds. The van der Waals surface area contributed by atoms with Crippen molar-refractivity contribution in [3.8, 4) is 5.75 Å². The van der Waals surface area contributed by atoms with E-state index in [0.717, 1.165) is 6.07 Å². The van der Waals surface area contributed by atoms with Crippen LogP contribution in [0, 0.1) is 5.82 Å². The highest BCUT2D eigenvalue weighted by Crippen LogP contribution is 2.24. The highest BCUT2D eigenvalue weighted by Gasteiger charge is 2.44. The van der Waals surface area contributed by atoms with Crippen molar-refractivity contribution in [2.24, 2.45) is 0 Å². The number of alkyl halides is 3. The Morgan fingerprint density at radius 1 is 1.30 bits per heavy atom. The SMILES string of the molecule is CCOc1ccc(NCCS(=O)(=O)C(F)(F)F)cc1F. The molecule has 0 radical (unpaired) electrons. The largest absolute Gasteiger partial charge is 0.497 e. The lowest BCUT2D eigenvalue weighted by Gasteiger charge is -2.11. The maximum absolute atomic E-state index is 13.4. The summed E-state index contributed by atoms with van der Waals surface area (Å²) in [5.74, 6) is -1.79. The molecule has 9 heteroatoms. The van der Waals surface area contributed by atoms with Gasteiger partial charge in [0.2, 0.25) is 9.84 Å². The van der Waals surface area contributed by atoms with Gasteiger partial charge in [0, 0.05) is 18.3 Å². The topological polar surface area (TPSA) is 55.4 Å². The van der Waals surface area contributed by atoms with Gasteiger partial charge in [0.25, 0.3) is 0 Å². The van der Waals surface area contributed by atoms with Gasteiger partial charge in [0.1, 0.15) is 0 Å². The number of hydrogen-bond acceptors (Lipinski definition) is 4. The summed E-state index contributed by atoms with van der Waals surface area (Å²) in [6.45, 7) is 1.47. The third-order valence-corrected chi connectivity index (χ3v) is 3.73. The van der Waals surface area contributed by atoms with Gasteiger partial charge in [-0.2, -0.15) is 13.2 Å². The average Bonchev–Trinajstić information content (AvgIpc) is 2.31. The predicted octanol–water partition coefficient (Wildman–Crippen LogP) is 2.57. The van der Waals surface area contributed by atoms with Crippen molar-refractivity contribution in [2.45, 2.75) is 12.4 Å². The van der Waals surface area contributed by atoms with Gasteiger partial charge in [-0.3, -0.25) is 0 Å². The Morgan fingerprint density at radius 2 is 1.95 bits per heavy atom. The van der Waals surface area contributed by atoms with Crippen LogP contribution >= 0.6 is 0 Å². The van der Waals surface area contributed by atoms with Crippen LogP contribution in [0.4, 0.5) is 23.2 Å². The lowest BCUT2D eigenvalue weighted by Crippen LogP contribution is -2.29. The molecule has 114 valence electrons. The molecule has 1 N–H and O–H groups in total. The molecule has 0 aromatic heterocycles. The Hall–Kier alpha value is -1.51. The zero-order chi connectivity index (χ0) is 15.4. The van der Waals surface area contributed by atoms with E-state index < -0.39 is 33.5 Å². The summed E-state index contributed by atoms with van der Waals surface area (Å²) < 4.78 is 76.2. The predicted molar refractivity (Wildman–Crippen MR) is 65.9 cm³/mol. The zero-order valence-electron chi connectivity index (χ0n) is 10.5. The molecule has 0 unspecified atom stereocenters. The number of halogens is 4. The van der Waals surface area contributed by atoms with Gasteiger partial charge in [0.15, 0.2) is 11.6 Å². The van der Waals surface area contributed by atoms with Crippen LogP contribution in [0.15, 0.2) is 18.2 Å². The van der Waals surface area contributed by atoms with Crippen molar-refractivity contribution in [3.05, 3.63) is 24.0 Å². The standard InChI is InChI=1S/C11H13F4NO3S/c1-2-19-10-4-3-8(7-9(10)12)16-5-6-20(17,18)11(13,14)15/h3-4,7,16H,2,5-6H2,1H3. The lowest BCUT2D eigenvalue weighted by molar-refractivity contribution is -0.0434. The first-order valence-electron chi connectivity index (χ1n) is 5.62. The summed E-state index contributed by atoms with van der Waals surface area (Å²) in [4.78, 5) is 0. The van der Waals surface area contributed by atoms with E-state index in [4.69, 9.17) is 4.74 Å². The van der Waals surface area contributed by atoms with Crippen LogP contribution in [0.2, 0.25) is 0 Å². The molecule has 0 saturated heterocycles. The van der Waals surface area contributed by atoms with Crippen molar-refractivity contribution < 1.29 is 30.7 Å². The van der Waals surface area contributed by atoms with Crippen molar-refractivity contribution in [1.82, 2.24) is 0 Å². The maximum atomic E-state index is 13.4. The van der Waals surface area contributed by atoms with Crippen molar-refractivity contribution in [2.75, 3.05) is 24.2 Å². The van der Waals surface area contributed by atoms with Crippen LogP contribution in [0.25, 0.3) is 0 Å². The smallest absolute Gasteiger partial charge is 0.491 e. The molecular weight excluding hydrogens is 302 g/mol. The molecule has 0 atom stereocenters. The minimum absolute atomic E-state index is 0.0148. The van der Waals surface area contributed by atoms with Crippen LogP contribution in [0.5, 0.6) is 5.75 Å². The van der Waals surface area contributed by atoms with Gasteiger partial charge in [0.05, 0.1) is 12.4 Å². The normalized spacial score (nSPS) is 12.2. The van der Waals surface area contributed by atoms with Crippen LogP contribution in [0.1, 0.15) is 6.92 Å². The van der Waals surface area contributed by atoms with E-state index in [-0.39, 0.29) is 18.0 Å². The monoisotopic (exact) mass is 315 g/mol. The third kappa shape index (κ3) is 4.26. The summed E-state index contributed by atoms with van der Waals surface area (Å²) in [5, 5.41) is 2.41. The van der Waals surface area contributed by atoms with Crippen molar-refractivity contribution in [1.29, 1.82) is 0 Å². The molecule has 0 aliphatic rings. The Bertz CT molecular complexity index is 557. The molecule has 0 saturated carbocycles. The molecule has 20 heavy (non-hydrogen) atoms. The van der Waals surface area contributed by atoms with Crippen LogP contribution in [-0.4, -0.2) is 32.8 Å². The van der Waals surface area contributed by atoms with E-state index in [0.29, 0.717) is 0 Å². The highest BCUT2D eigenvalue weighted by molar-refractivity contribution is 7.92. The first kappa shape index (κ1) is 16.5. The quantitative estimate of drug-likeness (QED) is 0.820.